The number of carbonyl (C=O) groups excluding carboxylic acids is 1. The van der Waals surface area contributed by atoms with Crippen molar-refractivity contribution in [3.05, 3.63) is 46.0 Å². The number of ether oxygens (including phenoxy) is 2. The number of rotatable bonds is 4. The third-order valence-corrected chi connectivity index (χ3v) is 5.25. The molecule has 3 aromatic rings. The second-order valence-corrected chi connectivity index (χ2v) is 6.95. The highest BCUT2D eigenvalue weighted by molar-refractivity contribution is 7.22. The van der Waals surface area contributed by atoms with Crippen molar-refractivity contribution < 1.29 is 14.3 Å². The number of benzene rings is 2. The Balaban J connectivity index is 1.94. The van der Waals surface area contributed by atoms with Crippen molar-refractivity contribution in [3.8, 4) is 11.5 Å². The van der Waals surface area contributed by atoms with E-state index in [1.807, 2.05) is 19.9 Å². The molecule has 0 spiro atoms. The molecule has 0 fully saturated rings. The highest BCUT2D eigenvalue weighted by Crippen LogP contribution is 2.36. The van der Waals surface area contributed by atoms with Crippen LogP contribution in [0.2, 0.25) is 5.02 Å². The smallest absolute Gasteiger partial charge is 0.257 e. The zero-order valence-electron chi connectivity index (χ0n) is 14.3. The maximum atomic E-state index is 12.6. The normalized spacial score (nSPS) is 10.8. The molecule has 1 amide bonds. The van der Waals surface area contributed by atoms with Crippen LogP contribution in [0, 0.1) is 13.8 Å². The first kappa shape index (κ1) is 17.5. The second kappa shape index (κ2) is 6.90. The number of aryl methyl sites for hydroxylation is 2. The Morgan fingerprint density at radius 1 is 1.16 bits per heavy atom. The van der Waals surface area contributed by atoms with Gasteiger partial charge in [0.2, 0.25) is 0 Å². The molecule has 5 nitrogen and oxygen atoms in total. The molecule has 0 aliphatic carbocycles. The molecule has 130 valence electrons. The molecule has 3 rings (SSSR count). The Hall–Kier alpha value is -2.31. The molecule has 1 heterocycles. The van der Waals surface area contributed by atoms with Crippen molar-refractivity contribution in [2.75, 3.05) is 19.5 Å². The summed E-state index contributed by atoms with van der Waals surface area (Å²) in [5, 5.41) is 3.68. The minimum Gasteiger partial charge on any atom is -0.493 e. The van der Waals surface area contributed by atoms with Gasteiger partial charge < -0.3 is 9.47 Å². The Morgan fingerprint density at radius 3 is 2.52 bits per heavy atom. The van der Waals surface area contributed by atoms with E-state index in [0.29, 0.717) is 27.2 Å². The summed E-state index contributed by atoms with van der Waals surface area (Å²) in [4.78, 5) is 17.1. The Labute approximate surface area is 154 Å². The van der Waals surface area contributed by atoms with Gasteiger partial charge in [-0.25, -0.2) is 4.98 Å². The summed E-state index contributed by atoms with van der Waals surface area (Å²) in [7, 11) is 2.99. The third kappa shape index (κ3) is 3.27. The van der Waals surface area contributed by atoms with Gasteiger partial charge in [0, 0.05) is 5.56 Å². The Morgan fingerprint density at radius 2 is 1.88 bits per heavy atom. The van der Waals surface area contributed by atoms with Gasteiger partial charge in [0.05, 0.1) is 29.5 Å². The maximum Gasteiger partial charge on any atom is 0.257 e. The van der Waals surface area contributed by atoms with Gasteiger partial charge in [-0.1, -0.05) is 35.1 Å². The molecular weight excluding hydrogens is 360 g/mol. The lowest BCUT2D eigenvalue weighted by Crippen LogP contribution is -2.12. The minimum absolute atomic E-state index is 0.308. The van der Waals surface area contributed by atoms with E-state index in [-0.39, 0.29) is 5.91 Å². The van der Waals surface area contributed by atoms with E-state index in [9.17, 15) is 4.79 Å². The zero-order valence-corrected chi connectivity index (χ0v) is 15.8. The van der Waals surface area contributed by atoms with Gasteiger partial charge in [-0.3, -0.25) is 10.1 Å². The molecule has 0 aliphatic heterocycles. The fourth-order valence-corrected chi connectivity index (χ4v) is 3.83. The number of carbonyl (C=O) groups is 1. The molecule has 0 saturated heterocycles. The van der Waals surface area contributed by atoms with E-state index in [4.69, 9.17) is 21.1 Å². The van der Waals surface area contributed by atoms with Crippen LogP contribution in [0.5, 0.6) is 11.5 Å². The van der Waals surface area contributed by atoms with Crippen molar-refractivity contribution >= 4 is 44.2 Å². The van der Waals surface area contributed by atoms with Crippen LogP contribution in [-0.2, 0) is 0 Å². The van der Waals surface area contributed by atoms with Crippen molar-refractivity contribution in [1.82, 2.24) is 4.98 Å². The number of methoxy groups -OCH3 is 2. The molecule has 7 heteroatoms. The molecule has 0 aliphatic rings. The van der Waals surface area contributed by atoms with Crippen molar-refractivity contribution in [2.45, 2.75) is 13.8 Å². The maximum absolute atomic E-state index is 12.6. The molecule has 0 atom stereocenters. The first-order valence-corrected chi connectivity index (χ1v) is 8.73. The van der Waals surface area contributed by atoms with Crippen LogP contribution in [-0.4, -0.2) is 25.1 Å². The summed E-state index contributed by atoms with van der Waals surface area (Å²) < 4.78 is 11.5. The largest absolute Gasteiger partial charge is 0.493 e. The predicted molar refractivity (Wildman–Crippen MR) is 102 cm³/mol. The van der Waals surface area contributed by atoms with Crippen LogP contribution in [0.25, 0.3) is 10.2 Å². The van der Waals surface area contributed by atoms with Crippen LogP contribution < -0.4 is 14.8 Å². The highest BCUT2D eigenvalue weighted by atomic mass is 35.5. The molecule has 25 heavy (non-hydrogen) atoms. The van der Waals surface area contributed by atoms with Crippen LogP contribution in [0.3, 0.4) is 0 Å². The summed E-state index contributed by atoms with van der Waals surface area (Å²) in [5.74, 6) is 0.486. The number of amides is 1. The molecule has 0 radical (unpaired) electrons. The molecule has 0 unspecified atom stereocenters. The summed E-state index contributed by atoms with van der Waals surface area (Å²) in [6.07, 6.45) is 0. The molecule has 1 N–H and O–H groups in total. The average molecular weight is 377 g/mol. The van der Waals surface area contributed by atoms with E-state index >= 15 is 0 Å². The number of hydrogen-bond acceptors (Lipinski definition) is 5. The summed E-state index contributed by atoms with van der Waals surface area (Å²) in [5.41, 5.74) is 3.49. The number of halogens is 1. The number of anilines is 1. The lowest BCUT2D eigenvalue weighted by Gasteiger charge is -2.11. The Bertz CT molecular complexity index is 930. The monoisotopic (exact) mass is 376 g/mol. The minimum atomic E-state index is -0.308. The van der Waals surface area contributed by atoms with E-state index in [2.05, 4.69) is 16.4 Å². The zero-order chi connectivity index (χ0) is 18.1. The fourth-order valence-electron chi connectivity index (χ4n) is 2.53. The van der Waals surface area contributed by atoms with Crippen LogP contribution in [0.15, 0.2) is 24.3 Å². The van der Waals surface area contributed by atoms with E-state index in [1.54, 1.807) is 12.1 Å². The molecule has 0 bridgehead atoms. The second-order valence-electron chi connectivity index (χ2n) is 5.54. The molecule has 0 saturated carbocycles. The van der Waals surface area contributed by atoms with Gasteiger partial charge >= 0.3 is 0 Å². The fraction of sp³-hybridized carbons (Fsp3) is 0.222. The van der Waals surface area contributed by atoms with Gasteiger partial charge in [-0.2, -0.15) is 0 Å². The molecular formula is C18H17ClN2O3S. The standard InChI is InChI=1S/C18H17ClN2O3S/c1-9-5-6-10(2)16-14(9)20-18(25-16)21-17(22)11-7-12(19)15(24-4)13(8-11)23-3/h5-8H,1-4H3,(H,20,21,22). The van der Waals surface area contributed by atoms with Crippen LogP contribution in [0.1, 0.15) is 21.5 Å². The third-order valence-electron chi connectivity index (χ3n) is 3.86. The summed E-state index contributed by atoms with van der Waals surface area (Å²) in [6.45, 7) is 4.03. The predicted octanol–water partition coefficient (Wildman–Crippen LogP) is 4.84. The van der Waals surface area contributed by atoms with E-state index < -0.39 is 0 Å². The van der Waals surface area contributed by atoms with Gasteiger partial charge in [-0.05, 0) is 37.1 Å². The first-order chi connectivity index (χ1) is 11.9. The van der Waals surface area contributed by atoms with Crippen molar-refractivity contribution in [3.63, 3.8) is 0 Å². The number of nitrogens with zero attached hydrogens (tertiary/aromatic N) is 1. The lowest BCUT2D eigenvalue weighted by atomic mass is 10.1. The average Bonchev–Trinajstić information content (AvgIpc) is 3.02. The molecule has 2 aromatic carbocycles. The lowest BCUT2D eigenvalue weighted by molar-refractivity contribution is 0.102. The highest BCUT2D eigenvalue weighted by Gasteiger charge is 2.17. The number of fused-ring (bicyclic) bond motifs is 1. The van der Waals surface area contributed by atoms with E-state index in [0.717, 1.165) is 21.3 Å². The van der Waals surface area contributed by atoms with Gasteiger partial charge in [0.1, 0.15) is 0 Å². The summed E-state index contributed by atoms with van der Waals surface area (Å²) >= 11 is 7.62. The van der Waals surface area contributed by atoms with Crippen molar-refractivity contribution in [2.24, 2.45) is 0 Å². The van der Waals surface area contributed by atoms with Crippen LogP contribution in [0.4, 0.5) is 5.13 Å². The van der Waals surface area contributed by atoms with Crippen LogP contribution >= 0.6 is 22.9 Å². The quantitative estimate of drug-likeness (QED) is 0.708. The number of thiazole rings is 1. The topological polar surface area (TPSA) is 60.5 Å². The number of nitrogens with one attached hydrogen (secondary N) is 1. The Kier molecular flexibility index (Phi) is 4.83. The number of aromatic nitrogens is 1. The SMILES string of the molecule is COc1cc(C(=O)Nc2nc3c(C)ccc(C)c3s2)cc(Cl)c1OC. The number of hydrogen-bond donors (Lipinski definition) is 1. The summed E-state index contributed by atoms with van der Waals surface area (Å²) in [6, 6.07) is 7.21. The van der Waals surface area contributed by atoms with Gasteiger partial charge in [0.25, 0.3) is 5.91 Å². The van der Waals surface area contributed by atoms with E-state index in [1.165, 1.54) is 25.6 Å². The first-order valence-electron chi connectivity index (χ1n) is 7.54. The van der Waals surface area contributed by atoms with Gasteiger partial charge in [0.15, 0.2) is 16.6 Å². The molecule has 1 aromatic heterocycles. The van der Waals surface area contributed by atoms with Gasteiger partial charge in [-0.15, -0.1) is 0 Å². The van der Waals surface area contributed by atoms with Crippen molar-refractivity contribution in [1.29, 1.82) is 0 Å².